The molecule has 0 bridgehead atoms. The molecule has 2 aromatic rings. The lowest BCUT2D eigenvalue weighted by Crippen LogP contribution is -2.13. The molecule has 0 saturated carbocycles. The van der Waals surface area contributed by atoms with Gasteiger partial charge in [0.25, 0.3) is 0 Å². The number of hydrogen-bond donors (Lipinski definition) is 1. The van der Waals surface area contributed by atoms with Gasteiger partial charge in [-0.3, -0.25) is 0 Å². The molecule has 0 atom stereocenters. The quantitative estimate of drug-likeness (QED) is 0.871. The molecule has 7 heteroatoms. The first-order valence-corrected chi connectivity index (χ1v) is 9.00. The molecule has 1 N–H and O–H groups in total. The maximum Gasteiger partial charge on any atom is 0.337 e. The Morgan fingerprint density at radius 2 is 2.05 bits per heavy atom. The molecule has 1 aromatic heterocycles. The summed E-state index contributed by atoms with van der Waals surface area (Å²) in [6.07, 6.45) is 0.381. The Labute approximate surface area is 129 Å². The van der Waals surface area contributed by atoms with Crippen molar-refractivity contribution < 1.29 is 18.3 Å². The Bertz CT molecular complexity index is 721. The highest BCUT2D eigenvalue weighted by Crippen LogP contribution is 2.23. The smallest absolute Gasteiger partial charge is 0.337 e. The van der Waals surface area contributed by atoms with Crippen LogP contribution in [0.1, 0.15) is 15.2 Å². The van der Waals surface area contributed by atoms with Crippen LogP contribution in [-0.4, -0.2) is 25.2 Å². The van der Waals surface area contributed by atoms with Crippen molar-refractivity contribution in [2.24, 2.45) is 0 Å². The number of thiophene rings is 1. The Hall–Kier alpha value is -1.18. The van der Waals surface area contributed by atoms with Crippen molar-refractivity contribution in [3.63, 3.8) is 0 Å². The van der Waals surface area contributed by atoms with Gasteiger partial charge in [0.15, 0.2) is 9.84 Å². The number of carboxylic acids is 1. The van der Waals surface area contributed by atoms with Crippen LogP contribution >= 0.6 is 27.3 Å². The molecular weight excluding hydrogens is 364 g/mol. The molecule has 0 aliphatic carbocycles. The number of carboxylic acid groups (broad SMARTS) is 1. The zero-order valence-corrected chi connectivity index (χ0v) is 13.5. The van der Waals surface area contributed by atoms with E-state index in [0.29, 0.717) is 10.9 Å². The van der Waals surface area contributed by atoms with Crippen molar-refractivity contribution in [3.05, 3.63) is 50.6 Å². The third kappa shape index (κ3) is 3.47. The van der Waals surface area contributed by atoms with Crippen LogP contribution in [0.25, 0.3) is 0 Å². The largest absolute Gasteiger partial charge is 0.478 e. The van der Waals surface area contributed by atoms with Crippen LogP contribution in [0, 0.1) is 0 Å². The lowest BCUT2D eigenvalue weighted by Gasteiger charge is -2.08. The molecule has 0 spiro atoms. The Morgan fingerprint density at radius 3 is 2.65 bits per heavy atom. The van der Waals surface area contributed by atoms with E-state index in [9.17, 15) is 13.2 Å². The number of sulfone groups is 1. The van der Waals surface area contributed by atoms with Gasteiger partial charge in [-0.15, -0.1) is 11.3 Å². The van der Waals surface area contributed by atoms with E-state index in [0.717, 1.165) is 4.88 Å². The Morgan fingerprint density at radius 1 is 1.30 bits per heavy atom. The van der Waals surface area contributed by atoms with Crippen molar-refractivity contribution in [2.75, 3.05) is 5.75 Å². The molecule has 0 unspecified atom stereocenters. The van der Waals surface area contributed by atoms with Crippen LogP contribution < -0.4 is 0 Å². The van der Waals surface area contributed by atoms with Crippen molar-refractivity contribution in [1.82, 2.24) is 0 Å². The summed E-state index contributed by atoms with van der Waals surface area (Å²) in [6, 6.07) is 7.87. The second-order valence-electron chi connectivity index (χ2n) is 4.09. The number of carbonyl (C=O) groups is 1. The third-order valence-corrected chi connectivity index (χ3v) is 5.89. The van der Waals surface area contributed by atoms with E-state index in [1.807, 2.05) is 17.5 Å². The normalized spacial score (nSPS) is 11.4. The zero-order valence-electron chi connectivity index (χ0n) is 10.2. The highest BCUT2D eigenvalue weighted by Gasteiger charge is 2.22. The van der Waals surface area contributed by atoms with Gasteiger partial charge in [-0.2, -0.15) is 0 Å². The van der Waals surface area contributed by atoms with E-state index in [2.05, 4.69) is 15.9 Å². The van der Waals surface area contributed by atoms with Crippen molar-refractivity contribution in [1.29, 1.82) is 0 Å². The van der Waals surface area contributed by atoms with Crippen LogP contribution in [-0.2, 0) is 16.3 Å². The summed E-state index contributed by atoms with van der Waals surface area (Å²) in [5.74, 6) is -1.35. The van der Waals surface area contributed by atoms with Gasteiger partial charge >= 0.3 is 5.97 Å². The molecule has 0 radical (unpaired) electrons. The second kappa shape index (κ2) is 6.07. The van der Waals surface area contributed by atoms with Gasteiger partial charge in [0, 0.05) is 9.35 Å². The summed E-state index contributed by atoms with van der Waals surface area (Å²) >= 11 is 4.65. The maximum absolute atomic E-state index is 12.3. The van der Waals surface area contributed by atoms with Gasteiger partial charge in [-0.05, 0) is 36.1 Å². The first-order valence-electron chi connectivity index (χ1n) is 5.68. The summed E-state index contributed by atoms with van der Waals surface area (Å²) in [7, 11) is -3.64. The number of benzene rings is 1. The summed E-state index contributed by atoms with van der Waals surface area (Å²) < 4.78 is 25.2. The monoisotopic (exact) mass is 374 g/mol. The minimum atomic E-state index is -3.64. The molecule has 0 saturated heterocycles. The molecule has 0 fully saturated rings. The van der Waals surface area contributed by atoms with E-state index in [4.69, 9.17) is 5.11 Å². The first kappa shape index (κ1) is 15.2. The van der Waals surface area contributed by atoms with Crippen LogP contribution in [0.5, 0.6) is 0 Å². The summed E-state index contributed by atoms with van der Waals surface area (Å²) in [4.78, 5) is 12.0. The highest BCUT2D eigenvalue weighted by atomic mass is 79.9. The molecule has 2 rings (SSSR count). The average Bonchev–Trinajstić information content (AvgIpc) is 2.89. The Kier molecular flexibility index (Phi) is 4.62. The minimum Gasteiger partial charge on any atom is -0.478 e. The van der Waals surface area contributed by atoms with E-state index >= 15 is 0 Å². The molecule has 20 heavy (non-hydrogen) atoms. The molecule has 1 aromatic carbocycles. The topological polar surface area (TPSA) is 71.4 Å². The van der Waals surface area contributed by atoms with Crippen LogP contribution in [0.15, 0.2) is 45.1 Å². The zero-order chi connectivity index (χ0) is 14.8. The van der Waals surface area contributed by atoms with Crippen LogP contribution in [0.2, 0.25) is 0 Å². The SMILES string of the molecule is O=C(O)c1ccc(Br)cc1S(=O)(=O)CCc1cccs1. The molecule has 1 heterocycles. The number of aromatic carboxylic acids is 1. The van der Waals surface area contributed by atoms with E-state index in [-0.39, 0.29) is 16.2 Å². The fourth-order valence-corrected chi connectivity index (χ4v) is 4.59. The summed E-state index contributed by atoms with van der Waals surface area (Å²) in [5.41, 5.74) is -0.195. The predicted octanol–water partition coefficient (Wildman–Crippen LogP) is 3.23. The van der Waals surface area contributed by atoms with E-state index in [1.165, 1.54) is 29.5 Å². The average molecular weight is 375 g/mol. The van der Waals surface area contributed by atoms with Crippen molar-refractivity contribution in [3.8, 4) is 0 Å². The van der Waals surface area contributed by atoms with Crippen LogP contribution in [0.3, 0.4) is 0 Å². The summed E-state index contributed by atoms with van der Waals surface area (Å²) in [6.45, 7) is 0. The number of hydrogen-bond acceptors (Lipinski definition) is 4. The molecular formula is C13H11BrO4S2. The number of aryl methyl sites for hydroxylation is 1. The molecule has 4 nitrogen and oxygen atoms in total. The van der Waals surface area contributed by atoms with Crippen LogP contribution in [0.4, 0.5) is 0 Å². The van der Waals surface area contributed by atoms with E-state index in [1.54, 1.807) is 0 Å². The van der Waals surface area contributed by atoms with Gasteiger partial charge in [0.05, 0.1) is 16.2 Å². The highest BCUT2D eigenvalue weighted by molar-refractivity contribution is 9.10. The van der Waals surface area contributed by atoms with Gasteiger partial charge in [-0.25, -0.2) is 13.2 Å². The van der Waals surface area contributed by atoms with Gasteiger partial charge in [0.1, 0.15) is 0 Å². The third-order valence-electron chi connectivity index (χ3n) is 2.71. The molecule has 106 valence electrons. The summed E-state index contributed by atoms with van der Waals surface area (Å²) in [5, 5.41) is 11.0. The van der Waals surface area contributed by atoms with Gasteiger partial charge in [-0.1, -0.05) is 22.0 Å². The fourth-order valence-electron chi connectivity index (χ4n) is 1.73. The fraction of sp³-hybridized carbons (Fsp3) is 0.154. The number of rotatable bonds is 5. The molecule has 0 amide bonds. The standard InChI is InChI=1S/C13H11BrO4S2/c14-9-3-4-11(13(15)16)12(8-9)20(17,18)7-5-10-2-1-6-19-10/h1-4,6,8H,5,7H2,(H,15,16). The van der Waals surface area contributed by atoms with Gasteiger partial charge in [0.2, 0.25) is 0 Å². The Balaban J connectivity index is 2.33. The first-order chi connectivity index (χ1) is 9.40. The minimum absolute atomic E-state index is 0.107. The maximum atomic E-state index is 12.3. The van der Waals surface area contributed by atoms with E-state index < -0.39 is 15.8 Å². The van der Waals surface area contributed by atoms with Gasteiger partial charge < -0.3 is 5.11 Å². The molecule has 0 aliphatic heterocycles. The second-order valence-corrected chi connectivity index (χ2v) is 8.12. The predicted molar refractivity (Wildman–Crippen MR) is 81.2 cm³/mol. The van der Waals surface area contributed by atoms with Crippen molar-refractivity contribution >= 4 is 43.1 Å². The lowest BCUT2D eigenvalue weighted by atomic mass is 10.2. The molecule has 0 aliphatic rings. The van der Waals surface area contributed by atoms with Crippen molar-refractivity contribution in [2.45, 2.75) is 11.3 Å². The lowest BCUT2D eigenvalue weighted by molar-refractivity contribution is 0.0692. The number of halogens is 1.